The van der Waals surface area contributed by atoms with Crippen LogP contribution >= 0.6 is 15.9 Å². The van der Waals surface area contributed by atoms with Gasteiger partial charge in [-0.15, -0.1) is 0 Å². The van der Waals surface area contributed by atoms with Crippen LogP contribution in [0.5, 0.6) is 11.5 Å². The van der Waals surface area contributed by atoms with E-state index in [-0.39, 0.29) is 17.2 Å². The number of halogens is 2. The summed E-state index contributed by atoms with van der Waals surface area (Å²) in [6.07, 6.45) is 0. The van der Waals surface area contributed by atoms with E-state index in [2.05, 4.69) is 15.9 Å². The molecule has 5 nitrogen and oxygen atoms in total. The highest BCUT2D eigenvalue weighted by Gasteiger charge is 2.20. The van der Waals surface area contributed by atoms with Crippen molar-refractivity contribution >= 4 is 21.6 Å². The van der Waals surface area contributed by atoms with E-state index >= 15 is 0 Å². The quantitative estimate of drug-likeness (QED) is 0.655. The number of para-hydroxylation sites is 1. The monoisotopic (exact) mass is 354 g/mol. The van der Waals surface area contributed by atoms with Gasteiger partial charge < -0.3 is 10.5 Å². The zero-order valence-corrected chi connectivity index (χ0v) is 12.6. The third kappa shape index (κ3) is 3.37. The van der Waals surface area contributed by atoms with Crippen molar-refractivity contribution in [3.05, 3.63) is 62.4 Å². The normalized spacial score (nSPS) is 12.0. The lowest BCUT2D eigenvalue weighted by Crippen LogP contribution is -2.07. The molecular formula is C14H12BrFN2O3. The summed E-state index contributed by atoms with van der Waals surface area (Å²) in [5, 5.41) is 11.1. The molecule has 0 bridgehead atoms. The maximum absolute atomic E-state index is 13.3. The van der Waals surface area contributed by atoms with Gasteiger partial charge in [0.15, 0.2) is 0 Å². The minimum absolute atomic E-state index is 0.0519. The van der Waals surface area contributed by atoms with Crippen molar-refractivity contribution in [3.8, 4) is 11.5 Å². The molecule has 7 heteroatoms. The Bertz CT molecular complexity index is 692. The van der Waals surface area contributed by atoms with E-state index < -0.39 is 16.8 Å². The lowest BCUT2D eigenvalue weighted by Gasteiger charge is -2.14. The Morgan fingerprint density at radius 2 is 2.10 bits per heavy atom. The van der Waals surface area contributed by atoms with Crippen molar-refractivity contribution in [2.45, 2.75) is 13.0 Å². The molecule has 2 aromatic rings. The molecule has 2 aromatic carbocycles. The van der Waals surface area contributed by atoms with E-state index in [4.69, 9.17) is 10.5 Å². The van der Waals surface area contributed by atoms with Crippen molar-refractivity contribution in [3.63, 3.8) is 0 Å². The number of hydrogen-bond donors (Lipinski definition) is 1. The van der Waals surface area contributed by atoms with Gasteiger partial charge in [-0.25, -0.2) is 4.39 Å². The van der Waals surface area contributed by atoms with E-state index in [1.165, 1.54) is 30.3 Å². The van der Waals surface area contributed by atoms with Gasteiger partial charge in [0.05, 0.1) is 9.40 Å². The molecular weight excluding hydrogens is 343 g/mol. The number of benzene rings is 2. The predicted octanol–water partition coefficient (Wildman–Crippen LogP) is 4.31. The van der Waals surface area contributed by atoms with Crippen molar-refractivity contribution in [1.29, 1.82) is 0 Å². The van der Waals surface area contributed by atoms with E-state index in [1.54, 1.807) is 13.0 Å². The lowest BCUT2D eigenvalue weighted by molar-refractivity contribution is -0.385. The van der Waals surface area contributed by atoms with Gasteiger partial charge in [-0.3, -0.25) is 10.1 Å². The molecule has 0 aliphatic rings. The molecule has 2 N–H and O–H groups in total. The first-order valence-corrected chi connectivity index (χ1v) is 6.85. The van der Waals surface area contributed by atoms with Gasteiger partial charge in [-0.2, -0.15) is 0 Å². The van der Waals surface area contributed by atoms with Crippen LogP contribution < -0.4 is 10.5 Å². The topological polar surface area (TPSA) is 78.4 Å². The molecule has 0 fully saturated rings. The average Bonchev–Trinajstić information content (AvgIpc) is 2.42. The van der Waals surface area contributed by atoms with E-state index in [9.17, 15) is 14.5 Å². The summed E-state index contributed by atoms with van der Waals surface area (Å²) >= 11 is 3.21. The van der Waals surface area contributed by atoms with Crippen LogP contribution in [0, 0.1) is 15.9 Å². The Morgan fingerprint density at radius 3 is 2.71 bits per heavy atom. The highest BCUT2D eigenvalue weighted by Crippen LogP contribution is 2.39. The maximum Gasteiger partial charge on any atom is 0.312 e. The Hall–Kier alpha value is -1.99. The van der Waals surface area contributed by atoms with Crippen LogP contribution in [0.2, 0.25) is 0 Å². The molecule has 0 amide bonds. The highest BCUT2D eigenvalue weighted by molar-refractivity contribution is 9.10. The number of nitro groups is 1. The van der Waals surface area contributed by atoms with Crippen molar-refractivity contribution in [2.75, 3.05) is 0 Å². The van der Waals surface area contributed by atoms with Crippen molar-refractivity contribution < 1.29 is 14.1 Å². The summed E-state index contributed by atoms with van der Waals surface area (Å²) < 4.78 is 19.3. The minimum Gasteiger partial charge on any atom is -0.449 e. The number of hydrogen-bond acceptors (Lipinski definition) is 4. The molecule has 1 atom stereocenters. The summed E-state index contributed by atoms with van der Waals surface area (Å²) in [5.41, 5.74) is 6.02. The van der Waals surface area contributed by atoms with Crippen LogP contribution in [0.25, 0.3) is 0 Å². The molecule has 0 heterocycles. The summed E-state index contributed by atoms with van der Waals surface area (Å²) in [5.74, 6) is -0.117. The van der Waals surface area contributed by atoms with Crippen molar-refractivity contribution in [2.24, 2.45) is 5.73 Å². The maximum atomic E-state index is 13.3. The Balaban J connectivity index is 2.51. The lowest BCUT2D eigenvalue weighted by atomic mass is 10.1. The first-order valence-electron chi connectivity index (χ1n) is 6.06. The van der Waals surface area contributed by atoms with E-state index in [1.807, 2.05) is 0 Å². The molecule has 0 spiro atoms. The van der Waals surface area contributed by atoms with Gasteiger partial charge in [0, 0.05) is 17.7 Å². The van der Waals surface area contributed by atoms with Crippen LogP contribution in [0.1, 0.15) is 18.5 Å². The SMILES string of the molecule is C[C@@H](N)c1cc(F)ccc1Oc1c(Br)cccc1[N+](=O)[O-]. The number of nitrogens with zero attached hydrogens (tertiary/aromatic N) is 1. The number of rotatable bonds is 4. The first kappa shape index (κ1) is 15.4. The summed E-state index contributed by atoms with van der Waals surface area (Å²) in [6.45, 7) is 1.68. The standard InChI is InChI=1S/C14H12BrFN2O3/c1-8(17)10-7-9(16)5-6-13(10)21-14-11(15)3-2-4-12(14)18(19)20/h2-8H,17H2,1H3/t8-/m1/s1. The van der Waals surface area contributed by atoms with Crippen LogP contribution in [-0.4, -0.2) is 4.92 Å². The Morgan fingerprint density at radius 1 is 1.38 bits per heavy atom. The highest BCUT2D eigenvalue weighted by atomic mass is 79.9. The second-order valence-electron chi connectivity index (χ2n) is 4.42. The molecule has 0 radical (unpaired) electrons. The van der Waals surface area contributed by atoms with Crippen LogP contribution in [-0.2, 0) is 0 Å². The summed E-state index contributed by atoms with van der Waals surface area (Å²) in [7, 11) is 0. The van der Waals surface area contributed by atoms with Gasteiger partial charge in [-0.05, 0) is 47.1 Å². The van der Waals surface area contributed by atoms with Crippen LogP contribution in [0.4, 0.5) is 10.1 Å². The fraction of sp³-hybridized carbons (Fsp3) is 0.143. The number of ether oxygens (including phenoxy) is 1. The summed E-state index contributed by atoms with van der Waals surface area (Å²) in [6, 6.07) is 7.87. The van der Waals surface area contributed by atoms with Gasteiger partial charge in [-0.1, -0.05) is 6.07 Å². The first-order chi connectivity index (χ1) is 9.90. The van der Waals surface area contributed by atoms with Gasteiger partial charge in [0.25, 0.3) is 0 Å². The van der Waals surface area contributed by atoms with E-state index in [0.29, 0.717) is 10.0 Å². The van der Waals surface area contributed by atoms with Gasteiger partial charge >= 0.3 is 5.69 Å². The van der Waals surface area contributed by atoms with Crippen LogP contribution in [0.3, 0.4) is 0 Å². The fourth-order valence-electron chi connectivity index (χ4n) is 1.82. The molecule has 0 aliphatic carbocycles. The Labute approximate surface area is 128 Å². The minimum atomic E-state index is -0.546. The molecule has 2 rings (SSSR count). The molecule has 21 heavy (non-hydrogen) atoms. The molecule has 0 saturated carbocycles. The molecule has 0 unspecified atom stereocenters. The smallest absolute Gasteiger partial charge is 0.312 e. The molecule has 110 valence electrons. The number of nitrogens with two attached hydrogens (primary N) is 1. The third-order valence-corrected chi connectivity index (χ3v) is 3.44. The van der Waals surface area contributed by atoms with Crippen molar-refractivity contribution in [1.82, 2.24) is 0 Å². The average molecular weight is 355 g/mol. The third-order valence-electron chi connectivity index (χ3n) is 2.82. The largest absolute Gasteiger partial charge is 0.449 e. The van der Waals surface area contributed by atoms with Gasteiger partial charge in [0.2, 0.25) is 5.75 Å². The molecule has 0 aliphatic heterocycles. The zero-order chi connectivity index (χ0) is 15.6. The second kappa shape index (κ2) is 6.19. The Kier molecular flexibility index (Phi) is 4.54. The molecule has 0 aromatic heterocycles. The van der Waals surface area contributed by atoms with E-state index in [0.717, 1.165) is 0 Å². The van der Waals surface area contributed by atoms with Gasteiger partial charge in [0.1, 0.15) is 11.6 Å². The van der Waals surface area contributed by atoms with Crippen LogP contribution in [0.15, 0.2) is 40.9 Å². The fourth-order valence-corrected chi connectivity index (χ4v) is 2.26. The summed E-state index contributed by atoms with van der Waals surface area (Å²) in [4.78, 5) is 10.5. The predicted molar refractivity (Wildman–Crippen MR) is 79.9 cm³/mol. The molecule has 0 saturated heterocycles. The second-order valence-corrected chi connectivity index (χ2v) is 5.27. The zero-order valence-electron chi connectivity index (χ0n) is 11.0. The number of nitro benzene ring substituents is 1.